The first-order chi connectivity index (χ1) is 9.56. The zero-order valence-corrected chi connectivity index (χ0v) is 11.6. The number of aliphatic carboxylic acids is 1. The number of carboxylic acids is 1. The van der Waals surface area contributed by atoms with Gasteiger partial charge in [-0.15, -0.1) is 10.2 Å². The van der Waals surface area contributed by atoms with Crippen molar-refractivity contribution in [1.29, 1.82) is 0 Å². The van der Waals surface area contributed by atoms with Crippen molar-refractivity contribution in [2.45, 2.75) is 33.2 Å². The maximum atomic E-state index is 11.2. The summed E-state index contributed by atoms with van der Waals surface area (Å²) in [5.41, 5.74) is 3.43. The summed E-state index contributed by atoms with van der Waals surface area (Å²) in [5.74, 6) is 0.573. The normalized spacial score (nSPS) is 17.8. The molecule has 5 nitrogen and oxygen atoms in total. The van der Waals surface area contributed by atoms with Gasteiger partial charge in [-0.1, -0.05) is 12.1 Å². The number of carbonyl (C=O) groups is 1. The minimum Gasteiger partial charge on any atom is -0.481 e. The lowest BCUT2D eigenvalue weighted by Crippen LogP contribution is -2.27. The summed E-state index contributed by atoms with van der Waals surface area (Å²) in [4.78, 5) is 11.2. The van der Waals surface area contributed by atoms with Gasteiger partial charge in [0.15, 0.2) is 5.82 Å². The predicted molar refractivity (Wildman–Crippen MR) is 74.4 cm³/mol. The average molecular weight is 271 g/mol. The van der Waals surface area contributed by atoms with Gasteiger partial charge >= 0.3 is 5.97 Å². The minimum atomic E-state index is -0.740. The molecule has 1 aliphatic heterocycles. The van der Waals surface area contributed by atoms with Crippen LogP contribution in [-0.2, 0) is 17.8 Å². The Bertz CT molecular complexity index is 676. The molecular formula is C15H17N3O2. The van der Waals surface area contributed by atoms with Crippen LogP contribution in [0.1, 0.15) is 23.4 Å². The van der Waals surface area contributed by atoms with Crippen LogP contribution in [0.15, 0.2) is 18.2 Å². The zero-order valence-electron chi connectivity index (χ0n) is 11.6. The molecule has 0 fully saturated rings. The molecule has 0 spiro atoms. The summed E-state index contributed by atoms with van der Waals surface area (Å²) in [6.45, 7) is 4.59. The lowest BCUT2D eigenvalue weighted by molar-refractivity contribution is -0.142. The predicted octanol–water partition coefficient (Wildman–Crippen LogP) is 2.21. The van der Waals surface area contributed by atoms with Crippen molar-refractivity contribution < 1.29 is 9.90 Å². The first-order valence-corrected chi connectivity index (χ1v) is 6.79. The van der Waals surface area contributed by atoms with Crippen molar-refractivity contribution in [3.8, 4) is 11.4 Å². The second-order valence-electron chi connectivity index (χ2n) is 5.42. The summed E-state index contributed by atoms with van der Waals surface area (Å²) in [6.07, 6.45) is 1.31. The van der Waals surface area contributed by atoms with Crippen LogP contribution < -0.4 is 0 Å². The SMILES string of the molecule is Cc1ccc(-c2nnc3n2CC(C(=O)O)CC3)cc1C. The summed E-state index contributed by atoms with van der Waals surface area (Å²) < 4.78 is 1.95. The highest BCUT2D eigenvalue weighted by molar-refractivity contribution is 5.70. The quantitative estimate of drug-likeness (QED) is 0.909. The molecule has 104 valence electrons. The standard InChI is InChI=1S/C15H17N3O2/c1-9-3-4-11(7-10(9)2)14-17-16-13-6-5-12(15(19)20)8-18(13)14/h3-4,7,12H,5-6,8H2,1-2H3,(H,19,20). The molecule has 0 aliphatic carbocycles. The third-order valence-electron chi connectivity index (χ3n) is 4.06. The summed E-state index contributed by atoms with van der Waals surface area (Å²) in [5, 5.41) is 17.6. The monoisotopic (exact) mass is 271 g/mol. The number of benzene rings is 1. The minimum absolute atomic E-state index is 0.344. The van der Waals surface area contributed by atoms with Gasteiger partial charge in [0.1, 0.15) is 5.82 Å². The first kappa shape index (κ1) is 12.8. The third-order valence-corrected chi connectivity index (χ3v) is 4.06. The fraction of sp³-hybridized carbons (Fsp3) is 0.400. The van der Waals surface area contributed by atoms with Gasteiger partial charge in [-0.3, -0.25) is 4.79 Å². The highest BCUT2D eigenvalue weighted by Gasteiger charge is 2.27. The Hall–Kier alpha value is -2.17. The topological polar surface area (TPSA) is 68.0 Å². The van der Waals surface area contributed by atoms with E-state index in [0.29, 0.717) is 19.4 Å². The number of carboxylic acid groups (broad SMARTS) is 1. The first-order valence-electron chi connectivity index (χ1n) is 6.79. The Morgan fingerprint density at radius 2 is 2.10 bits per heavy atom. The summed E-state index contributed by atoms with van der Waals surface area (Å²) >= 11 is 0. The molecule has 3 rings (SSSR count). The van der Waals surface area contributed by atoms with Crippen LogP contribution in [0.3, 0.4) is 0 Å². The molecule has 0 saturated carbocycles. The molecule has 1 aromatic carbocycles. The highest BCUT2D eigenvalue weighted by Crippen LogP contribution is 2.26. The molecule has 0 bridgehead atoms. The van der Waals surface area contributed by atoms with Crippen LogP contribution in [-0.4, -0.2) is 25.8 Å². The van der Waals surface area contributed by atoms with Crippen LogP contribution in [0.25, 0.3) is 11.4 Å². The van der Waals surface area contributed by atoms with E-state index in [1.807, 2.05) is 10.6 Å². The Kier molecular flexibility index (Phi) is 3.04. The largest absolute Gasteiger partial charge is 0.481 e. The fourth-order valence-electron chi connectivity index (χ4n) is 2.62. The third kappa shape index (κ3) is 2.09. The van der Waals surface area contributed by atoms with Crippen molar-refractivity contribution in [2.24, 2.45) is 5.92 Å². The maximum Gasteiger partial charge on any atom is 0.308 e. The Balaban J connectivity index is 2.02. The smallest absolute Gasteiger partial charge is 0.308 e. The van der Waals surface area contributed by atoms with Crippen LogP contribution in [0.4, 0.5) is 0 Å². The van der Waals surface area contributed by atoms with E-state index < -0.39 is 5.97 Å². The van der Waals surface area contributed by atoms with Crippen molar-refractivity contribution in [3.63, 3.8) is 0 Å². The van der Waals surface area contributed by atoms with Gasteiger partial charge in [-0.2, -0.15) is 0 Å². The van der Waals surface area contributed by atoms with E-state index in [0.717, 1.165) is 17.2 Å². The van der Waals surface area contributed by atoms with E-state index >= 15 is 0 Å². The van der Waals surface area contributed by atoms with Crippen molar-refractivity contribution in [3.05, 3.63) is 35.2 Å². The molecule has 5 heteroatoms. The lowest BCUT2D eigenvalue weighted by Gasteiger charge is -2.21. The molecule has 20 heavy (non-hydrogen) atoms. The Morgan fingerprint density at radius 1 is 1.30 bits per heavy atom. The van der Waals surface area contributed by atoms with E-state index in [1.165, 1.54) is 11.1 Å². The highest BCUT2D eigenvalue weighted by atomic mass is 16.4. The molecular weight excluding hydrogens is 254 g/mol. The number of fused-ring (bicyclic) bond motifs is 1. The van der Waals surface area contributed by atoms with Crippen LogP contribution >= 0.6 is 0 Å². The Labute approximate surface area is 117 Å². The van der Waals surface area contributed by atoms with Crippen molar-refractivity contribution in [2.75, 3.05) is 0 Å². The molecule has 0 amide bonds. The molecule has 2 aromatic rings. The molecule has 0 saturated heterocycles. The number of aryl methyl sites for hydroxylation is 3. The van der Waals surface area contributed by atoms with Crippen LogP contribution in [0, 0.1) is 19.8 Å². The Morgan fingerprint density at radius 3 is 2.80 bits per heavy atom. The summed E-state index contributed by atoms with van der Waals surface area (Å²) in [6, 6.07) is 6.16. The van der Waals surface area contributed by atoms with Crippen molar-refractivity contribution >= 4 is 5.97 Å². The zero-order chi connectivity index (χ0) is 14.3. The molecule has 0 radical (unpaired) electrons. The second kappa shape index (κ2) is 4.74. The van der Waals surface area contributed by atoms with E-state index in [2.05, 4.69) is 36.2 Å². The number of hydrogen-bond donors (Lipinski definition) is 1. The molecule has 1 aromatic heterocycles. The van der Waals surface area contributed by atoms with Gasteiger partial charge in [-0.25, -0.2) is 0 Å². The maximum absolute atomic E-state index is 11.2. The van der Waals surface area contributed by atoms with Gasteiger partial charge in [0.05, 0.1) is 5.92 Å². The second-order valence-corrected chi connectivity index (χ2v) is 5.42. The molecule has 1 unspecified atom stereocenters. The van der Waals surface area contributed by atoms with Gasteiger partial charge in [0, 0.05) is 18.5 Å². The fourth-order valence-corrected chi connectivity index (χ4v) is 2.62. The molecule has 1 aliphatic rings. The molecule has 1 atom stereocenters. The van der Waals surface area contributed by atoms with E-state index in [4.69, 9.17) is 0 Å². The van der Waals surface area contributed by atoms with Crippen LogP contribution in [0.2, 0.25) is 0 Å². The van der Waals surface area contributed by atoms with Crippen molar-refractivity contribution in [1.82, 2.24) is 14.8 Å². The number of nitrogens with zero attached hydrogens (tertiary/aromatic N) is 3. The average Bonchev–Trinajstić information content (AvgIpc) is 2.84. The van der Waals surface area contributed by atoms with Gasteiger partial charge in [0.2, 0.25) is 0 Å². The van der Waals surface area contributed by atoms with Gasteiger partial charge in [-0.05, 0) is 37.5 Å². The van der Waals surface area contributed by atoms with E-state index in [1.54, 1.807) is 0 Å². The van der Waals surface area contributed by atoms with E-state index in [9.17, 15) is 9.90 Å². The van der Waals surface area contributed by atoms with Gasteiger partial charge < -0.3 is 9.67 Å². The number of hydrogen-bond acceptors (Lipinski definition) is 3. The number of rotatable bonds is 2. The molecule has 1 N–H and O–H groups in total. The number of aromatic nitrogens is 3. The molecule has 2 heterocycles. The van der Waals surface area contributed by atoms with Crippen LogP contribution in [0.5, 0.6) is 0 Å². The van der Waals surface area contributed by atoms with E-state index in [-0.39, 0.29) is 5.92 Å². The van der Waals surface area contributed by atoms with Gasteiger partial charge in [0.25, 0.3) is 0 Å². The lowest BCUT2D eigenvalue weighted by atomic mass is 9.99. The summed E-state index contributed by atoms with van der Waals surface area (Å²) in [7, 11) is 0.